The smallest absolute Gasteiger partial charge is 0.337 e. The van der Waals surface area contributed by atoms with Crippen LogP contribution in [0.5, 0.6) is 0 Å². The molecular weight excluding hydrogens is 286 g/mol. The number of nitro groups is 1. The molecule has 9 nitrogen and oxygen atoms in total. The van der Waals surface area contributed by atoms with Crippen molar-refractivity contribution in [3.05, 3.63) is 40.5 Å². The van der Waals surface area contributed by atoms with Crippen LogP contribution in [-0.4, -0.2) is 36.2 Å². The van der Waals surface area contributed by atoms with Gasteiger partial charge in [-0.2, -0.15) is 4.68 Å². The van der Waals surface area contributed by atoms with Gasteiger partial charge in [0.2, 0.25) is 5.16 Å². The summed E-state index contributed by atoms with van der Waals surface area (Å²) in [5.74, 6) is -1.27. The number of carboxylic acid groups (broad SMARTS) is 1. The molecule has 2 aromatic rings. The molecule has 2 rings (SSSR count). The SMILES string of the molecule is C=Cn1nnnc1Sc1ccc([N+](=O)[O-])cc1C(=O)O. The Morgan fingerprint density at radius 3 is 2.90 bits per heavy atom. The summed E-state index contributed by atoms with van der Waals surface area (Å²) in [6, 6.07) is 3.55. The van der Waals surface area contributed by atoms with Crippen molar-refractivity contribution in [2.75, 3.05) is 0 Å². The molecule has 102 valence electrons. The molecule has 1 aromatic carbocycles. The molecule has 1 heterocycles. The number of aromatic carboxylic acids is 1. The van der Waals surface area contributed by atoms with Gasteiger partial charge in [0.1, 0.15) is 0 Å². The molecular formula is C10H7N5O4S. The summed E-state index contributed by atoms with van der Waals surface area (Å²) in [6.07, 6.45) is 1.36. The van der Waals surface area contributed by atoms with Gasteiger partial charge in [-0.25, -0.2) is 4.79 Å². The molecule has 0 aliphatic carbocycles. The number of hydrogen-bond acceptors (Lipinski definition) is 7. The third-order valence-electron chi connectivity index (χ3n) is 2.24. The summed E-state index contributed by atoms with van der Waals surface area (Å²) >= 11 is 0.973. The van der Waals surface area contributed by atoms with Gasteiger partial charge in [0, 0.05) is 23.2 Å². The standard InChI is InChI=1S/C10H7N5O4S/c1-2-14-10(11-12-13-14)20-8-4-3-6(15(18)19)5-7(8)9(16)17/h2-5H,1H2,(H,16,17). The zero-order valence-electron chi connectivity index (χ0n) is 9.83. The van der Waals surface area contributed by atoms with Crippen LogP contribution in [-0.2, 0) is 0 Å². The Balaban J connectivity index is 2.43. The Labute approximate surface area is 116 Å². The lowest BCUT2D eigenvalue weighted by molar-refractivity contribution is -0.384. The lowest BCUT2D eigenvalue weighted by atomic mass is 10.2. The predicted octanol–water partition coefficient (Wildman–Crippen LogP) is 1.53. The molecule has 0 aliphatic rings. The first-order valence-electron chi connectivity index (χ1n) is 5.13. The number of non-ortho nitro benzene ring substituents is 1. The first-order chi connectivity index (χ1) is 9.52. The first-order valence-corrected chi connectivity index (χ1v) is 5.94. The van der Waals surface area contributed by atoms with Gasteiger partial charge in [0.05, 0.1) is 10.5 Å². The van der Waals surface area contributed by atoms with Crippen LogP contribution in [0, 0.1) is 10.1 Å². The summed E-state index contributed by atoms with van der Waals surface area (Å²) in [7, 11) is 0. The van der Waals surface area contributed by atoms with Crippen LogP contribution in [0.1, 0.15) is 10.4 Å². The van der Waals surface area contributed by atoms with E-state index in [9.17, 15) is 14.9 Å². The van der Waals surface area contributed by atoms with Crippen LogP contribution >= 0.6 is 11.8 Å². The fraction of sp³-hybridized carbons (Fsp3) is 0. The highest BCUT2D eigenvalue weighted by Gasteiger charge is 2.18. The number of nitrogens with zero attached hydrogens (tertiary/aromatic N) is 5. The topological polar surface area (TPSA) is 124 Å². The van der Waals surface area contributed by atoms with Gasteiger partial charge in [-0.1, -0.05) is 6.58 Å². The van der Waals surface area contributed by atoms with Crippen molar-refractivity contribution in [3.63, 3.8) is 0 Å². The monoisotopic (exact) mass is 293 g/mol. The molecule has 0 saturated heterocycles. The summed E-state index contributed by atoms with van der Waals surface area (Å²) < 4.78 is 1.26. The van der Waals surface area contributed by atoms with Crippen LogP contribution in [0.3, 0.4) is 0 Å². The maximum Gasteiger partial charge on any atom is 0.337 e. The predicted molar refractivity (Wildman–Crippen MR) is 68.4 cm³/mol. The van der Waals surface area contributed by atoms with E-state index in [0.29, 0.717) is 10.1 Å². The van der Waals surface area contributed by atoms with Crippen molar-refractivity contribution < 1.29 is 14.8 Å². The Morgan fingerprint density at radius 1 is 1.55 bits per heavy atom. The molecule has 0 bridgehead atoms. The molecule has 1 aromatic heterocycles. The van der Waals surface area contributed by atoms with Crippen molar-refractivity contribution in [2.24, 2.45) is 0 Å². The number of aromatic nitrogens is 4. The number of rotatable bonds is 5. The molecule has 0 fully saturated rings. The highest BCUT2D eigenvalue weighted by Crippen LogP contribution is 2.31. The van der Waals surface area contributed by atoms with Crippen molar-refractivity contribution in [2.45, 2.75) is 10.1 Å². The van der Waals surface area contributed by atoms with Gasteiger partial charge in [-0.05, 0) is 28.3 Å². The summed E-state index contributed by atoms with van der Waals surface area (Å²) in [4.78, 5) is 21.5. The van der Waals surface area contributed by atoms with Crippen molar-refractivity contribution >= 4 is 29.6 Å². The normalized spacial score (nSPS) is 10.2. The molecule has 0 aliphatic heterocycles. The first kappa shape index (κ1) is 13.7. The molecule has 0 atom stereocenters. The molecule has 0 saturated carbocycles. The largest absolute Gasteiger partial charge is 0.478 e. The van der Waals surface area contributed by atoms with Crippen molar-refractivity contribution in [3.8, 4) is 0 Å². The summed E-state index contributed by atoms with van der Waals surface area (Å²) in [5.41, 5.74) is -0.488. The van der Waals surface area contributed by atoms with E-state index < -0.39 is 10.9 Å². The van der Waals surface area contributed by atoms with Crippen molar-refractivity contribution in [1.82, 2.24) is 20.2 Å². The van der Waals surface area contributed by atoms with E-state index in [2.05, 4.69) is 22.1 Å². The summed E-state index contributed by atoms with van der Waals surface area (Å²) in [6.45, 7) is 3.50. The minimum absolute atomic E-state index is 0.192. The molecule has 0 unspecified atom stereocenters. The molecule has 0 spiro atoms. The Hall–Kier alpha value is -2.75. The average molecular weight is 293 g/mol. The second-order valence-electron chi connectivity index (χ2n) is 3.43. The highest BCUT2D eigenvalue weighted by molar-refractivity contribution is 7.99. The molecule has 1 N–H and O–H groups in total. The number of benzene rings is 1. The molecule has 20 heavy (non-hydrogen) atoms. The van der Waals surface area contributed by atoms with E-state index >= 15 is 0 Å². The van der Waals surface area contributed by atoms with Gasteiger partial charge in [-0.3, -0.25) is 10.1 Å². The second kappa shape index (κ2) is 5.48. The third-order valence-corrected chi connectivity index (χ3v) is 3.27. The van der Waals surface area contributed by atoms with E-state index in [0.717, 1.165) is 17.8 Å². The number of carbonyl (C=O) groups is 1. The Kier molecular flexibility index (Phi) is 3.75. The van der Waals surface area contributed by atoms with Crippen LogP contribution in [0.2, 0.25) is 0 Å². The van der Waals surface area contributed by atoms with E-state index in [1.54, 1.807) is 0 Å². The third kappa shape index (κ3) is 2.64. The summed E-state index contributed by atoms with van der Waals surface area (Å²) in [5, 5.41) is 30.8. The maximum absolute atomic E-state index is 11.2. The Bertz CT molecular complexity index is 699. The average Bonchev–Trinajstić information content (AvgIpc) is 2.85. The fourth-order valence-corrected chi connectivity index (χ4v) is 2.22. The van der Waals surface area contributed by atoms with E-state index in [4.69, 9.17) is 5.11 Å². The zero-order valence-corrected chi connectivity index (χ0v) is 10.6. The Morgan fingerprint density at radius 2 is 2.30 bits per heavy atom. The van der Waals surface area contributed by atoms with E-state index in [1.165, 1.54) is 23.0 Å². The van der Waals surface area contributed by atoms with Crippen LogP contribution in [0.25, 0.3) is 6.20 Å². The number of carboxylic acids is 1. The number of nitro benzene ring substituents is 1. The maximum atomic E-state index is 11.2. The van der Waals surface area contributed by atoms with Gasteiger partial charge >= 0.3 is 5.97 Å². The zero-order chi connectivity index (χ0) is 14.7. The number of hydrogen-bond donors (Lipinski definition) is 1. The molecule has 10 heteroatoms. The van der Waals surface area contributed by atoms with Crippen molar-refractivity contribution in [1.29, 1.82) is 0 Å². The lowest BCUT2D eigenvalue weighted by Crippen LogP contribution is -2.01. The fourth-order valence-electron chi connectivity index (χ4n) is 1.35. The van der Waals surface area contributed by atoms with E-state index in [-0.39, 0.29) is 11.3 Å². The molecule has 0 radical (unpaired) electrons. The van der Waals surface area contributed by atoms with Gasteiger partial charge in [0.15, 0.2) is 0 Å². The van der Waals surface area contributed by atoms with Gasteiger partial charge in [-0.15, -0.1) is 5.10 Å². The highest BCUT2D eigenvalue weighted by atomic mass is 32.2. The van der Waals surface area contributed by atoms with Crippen LogP contribution in [0.15, 0.2) is 34.8 Å². The van der Waals surface area contributed by atoms with Crippen LogP contribution in [0.4, 0.5) is 5.69 Å². The lowest BCUT2D eigenvalue weighted by Gasteiger charge is -2.04. The molecule has 0 amide bonds. The van der Waals surface area contributed by atoms with Gasteiger partial charge < -0.3 is 5.11 Å². The van der Waals surface area contributed by atoms with Gasteiger partial charge in [0.25, 0.3) is 5.69 Å². The van der Waals surface area contributed by atoms with Crippen LogP contribution < -0.4 is 0 Å². The quantitative estimate of drug-likeness (QED) is 0.650. The second-order valence-corrected chi connectivity index (χ2v) is 4.44. The minimum Gasteiger partial charge on any atom is -0.478 e. The number of tetrazole rings is 1. The minimum atomic E-state index is -1.27. The van der Waals surface area contributed by atoms with E-state index in [1.807, 2.05) is 0 Å².